The molecule has 4 N–H and O–H groups in total. The molecule has 2 atom stereocenters. The van der Waals surface area contributed by atoms with Crippen molar-refractivity contribution >= 4 is 80.9 Å². The second-order valence-electron chi connectivity index (χ2n) is 8.23. The first-order valence-electron chi connectivity index (χ1n) is 11.6. The number of aliphatic carboxylic acids is 1. The monoisotopic (exact) mass is 615 g/mol. The van der Waals surface area contributed by atoms with Crippen molar-refractivity contribution in [3.8, 4) is 0 Å². The van der Waals surface area contributed by atoms with Gasteiger partial charge in [0.25, 0.3) is 11.8 Å². The lowest BCUT2D eigenvalue weighted by atomic mass is 10.0. The molecule has 40 heavy (non-hydrogen) atoms. The zero-order valence-corrected chi connectivity index (χ0v) is 23.8. The van der Waals surface area contributed by atoms with Crippen LogP contribution in [0.2, 0.25) is 0 Å². The molecule has 0 bridgehead atoms. The molecule has 4 heterocycles. The Labute approximate surface area is 244 Å². The van der Waals surface area contributed by atoms with Crippen LogP contribution in [0.1, 0.15) is 11.3 Å². The van der Waals surface area contributed by atoms with Gasteiger partial charge in [-0.05, 0) is 17.2 Å². The summed E-state index contributed by atoms with van der Waals surface area (Å²) in [6.07, 6.45) is 3.60. The highest BCUT2D eigenvalue weighted by Crippen LogP contribution is 2.41. The van der Waals surface area contributed by atoms with Gasteiger partial charge in [-0.25, -0.2) is 9.78 Å². The van der Waals surface area contributed by atoms with Crippen molar-refractivity contribution in [2.45, 2.75) is 15.8 Å². The van der Waals surface area contributed by atoms with E-state index >= 15 is 0 Å². The standard InChI is InChI=1S/C24H21N7O5S4/c25-23-27-15(11-38-23)16(30-36-8-4-7-13-5-2-1-3-6-13)19(32)28-17-20(33)31-18(22(34)35)14(9-37-21(17)31)10-39-24-29-26-12-40-24/h1-7,11-12,17,21H,8-10H2,(H2,25,27)(H,28,32)(H,34,35)/t17?,21-/m0/s1. The molecule has 2 amide bonds. The quantitative estimate of drug-likeness (QED) is 0.0951. The van der Waals surface area contributed by atoms with Gasteiger partial charge in [0.1, 0.15) is 34.9 Å². The third-order valence-electron chi connectivity index (χ3n) is 5.66. The first kappa shape index (κ1) is 27.8. The van der Waals surface area contributed by atoms with Crippen molar-refractivity contribution in [3.05, 3.63) is 69.8 Å². The number of benzene rings is 1. The molecule has 16 heteroatoms. The molecule has 3 aromatic rings. The Morgan fingerprint density at radius 2 is 2.12 bits per heavy atom. The fraction of sp³-hybridized carbons (Fsp3) is 0.208. The maximum absolute atomic E-state index is 13.2. The average molecular weight is 616 g/mol. The molecular formula is C24H21N7O5S4. The lowest BCUT2D eigenvalue weighted by Crippen LogP contribution is -2.71. The summed E-state index contributed by atoms with van der Waals surface area (Å²) in [5.74, 6) is -1.67. The smallest absolute Gasteiger partial charge is 0.352 e. The van der Waals surface area contributed by atoms with E-state index in [1.165, 1.54) is 39.8 Å². The van der Waals surface area contributed by atoms with E-state index in [1.54, 1.807) is 17.0 Å². The predicted molar refractivity (Wildman–Crippen MR) is 155 cm³/mol. The number of β-lactam (4-membered cyclic amide) rings is 1. The number of amides is 2. The van der Waals surface area contributed by atoms with Gasteiger partial charge in [-0.1, -0.05) is 64.7 Å². The summed E-state index contributed by atoms with van der Waals surface area (Å²) in [4.78, 5) is 49.1. The van der Waals surface area contributed by atoms with Crippen LogP contribution >= 0.6 is 46.2 Å². The van der Waals surface area contributed by atoms with Gasteiger partial charge in [0.05, 0.1) is 0 Å². The van der Waals surface area contributed by atoms with Gasteiger partial charge in [0.2, 0.25) is 0 Å². The van der Waals surface area contributed by atoms with E-state index in [4.69, 9.17) is 10.6 Å². The minimum Gasteiger partial charge on any atom is -0.477 e. The highest BCUT2D eigenvalue weighted by atomic mass is 32.2. The molecule has 206 valence electrons. The highest BCUT2D eigenvalue weighted by Gasteiger charge is 2.54. The van der Waals surface area contributed by atoms with Crippen LogP contribution in [-0.2, 0) is 19.2 Å². The molecule has 1 fully saturated rings. The molecule has 0 spiro atoms. The summed E-state index contributed by atoms with van der Waals surface area (Å²) in [5, 5.41) is 25.5. The van der Waals surface area contributed by atoms with Crippen molar-refractivity contribution in [2.24, 2.45) is 5.16 Å². The summed E-state index contributed by atoms with van der Waals surface area (Å²) in [6.45, 7) is 0.0878. The van der Waals surface area contributed by atoms with Crippen LogP contribution in [0.5, 0.6) is 0 Å². The van der Waals surface area contributed by atoms with E-state index in [0.29, 0.717) is 21.4 Å². The van der Waals surface area contributed by atoms with Crippen LogP contribution in [0.25, 0.3) is 6.08 Å². The fourth-order valence-corrected chi connectivity index (χ4v) is 7.39. The van der Waals surface area contributed by atoms with Gasteiger partial charge in [-0.3, -0.25) is 14.5 Å². The lowest BCUT2D eigenvalue weighted by Gasteiger charge is -2.49. The Bertz CT molecular complexity index is 1490. The van der Waals surface area contributed by atoms with E-state index < -0.39 is 29.2 Å². The number of rotatable bonds is 11. The van der Waals surface area contributed by atoms with Crippen LogP contribution < -0.4 is 11.1 Å². The van der Waals surface area contributed by atoms with E-state index in [9.17, 15) is 19.5 Å². The summed E-state index contributed by atoms with van der Waals surface area (Å²) in [7, 11) is 0. The number of nitrogens with two attached hydrogens (primary N) is 1. The number of carboxylic acid groups (broad SMARTS) is 1. The van der Waals surface area contributed by atoms with Gasteiger partial charge in [-0.2, -0.15) is 0 Å². The number of thiazole rings is 1. The van der Waals surface area contributed by atoms with Crippen LogP contribution in [0.3, 0.4) is 0 Å². The Kier molecular flexibility index (Phi) is 8.78. The number of carboxylic acids is 1. The number of fused-ring (bicyclic) bond motifs is 1. The Morgan fingerprint density at radius 3 is 2.83 bits per heavy atom. The Hall–Kier alpha value is -3.73. The fourth-order valence-electron chi connectivity index (χ4n) is 3.87. The van der Waals surface area contributed by atoms with Crippen LogP contribution in [0.4, 0.5) is 5.13 Å². The SMILES string of the molecule is Nc1nc(C(=NOCC=Cc2ccccc2)C(=O)NC2C(=O)N3C(C(=O)O)=C(CSc4nncs4)CS[C@@H]23)cs1. The zero-order chi connectivity index (χ0) is 28.1. The molecule has 2 aliphatic heterocycles. The van der Waals surface area contributed by atoms with E-state index in [-0.39, 0.29) is 28.8 Å². The van der Waals surface area contributed by atoms with Crippen molar-refractivity contribution in [1.29, 1.82) is 0 Å². The molecule has 1 aromatic carbocycles. The molecule has 1 saturated heterocycles. The maximum Gasteiger partial charge on any atom is 0.352 e. The predicted octanol–water partition coefficient (Wildman–Crippen LogP) is 2.54. The first-order chi connectivity index (χ1) is 19.4. The number of nitrogens with zero attached hydrogens (tertiary/aromatic N) is 5. The first-order valence-corrected chi connectivity index (χ1v) is 15.4. The number of nitrogen functional groups attached to an aromatic ring is 1. The number of aromatic nitrogens is 3. The number of anilines is 1. The van der Waals surface area contributed by atoms with Crippen molar-refractivity contribution in [2.75, 3.05) is 23.8 Å². The van der Waals surface area contributed by atoms with Gasteiger partial charge < -0.3 is 21.0 Å². The number of nitrogens with one attached hydrogen (secondary N) is 1. The molecule has 2 aromatic heterocycles. The van der Waals surface area contributed by atoms with Crippen molar-refractivity contribution in [1.82, 2.24) is 25.4 Å². The number of thioether (sulfide) groups is 2. The molecule has 2 aliphatic rings. The number of carbonyl (C=O) groups is 3. The van der Waals surface area contributed by atoms with Crippen LogP contribution in [0, 0.1) is 0 Å². The second-order valence-corrected chi connectivity index (χ2v) is 12.3. The molecule has 5 rings (SSSR count). The Balaban J connectivity index is 1.26. The normalized spacial score (nSPS) is 18.9. The molecule has 0 aliphatic carbocycles. The average Bonchev–Trinajstić information content (AvgIpc) is 3.64. The van der Waals surface area contributed by atoms with Gasteiger partial charge in [0.15, 0.2) is 15.2 Å². The van der Waals surface area contributed by atoms with Gasteiger partial charge in [-0.15, -0.1) is 33.3 Å². The maximum atomic E-state index is 13.2. The van der Waals surface area contributed by atoms with Crippen LogP contribution in [-0.4, -0.2) is 78.2 Å². The molecule has 0 radical (unpaired) electrons. The molecule has 12 nitrogen and oxygen atoms in total. The minimum absolute atomic E-state index is 0.0639. The third kappa shape index (κ3) is 6.19. The second kappa shape index (κ2) is 12.6. The number of hydrogen-bond acceptors (Lipinski definition) is 13. The van der Waals surface area contributed by atoms with E-state index in [2.05, 4.69) is 25.7 Å². The minimum atomic E-state index is -1.20. The largest absolute Gasteiger partial charge is 0.477 e. The zero-order valence-electron chi connectivity index (χ0n) is 20.5. The van der Waals surface area contributed by atoms with Crippen LogP contribution in [0.15, 0.2) is 68.1 Å². The summed E-state index contributed by atoms with van der Waals surface area (Å²) in [5.41, 5.74) is 8.93. The van der Waals surface area contributed by atoms with E-state index in [1.807, 2.05) is 36.4 Å². The third-order valence-corrected chi connectivity index (χ3v) is 9.62. The lowest BCUT2D eigenvalue weighted by molar-refractivity contribution is -0.150. The Morgan fingerprint density at radius 1 is 1.30 bits per heavy atom. The highest BCUT2D eigenvalue weighted by molar-refractivity contribution is 8.01. The number of oxime groups is 1. The van der Waals surface area contributed by atoms with Gasteiger partial charge in [0, 0.05) is 16.9 Å². The van der Waals surface area contributed by atoms with E-state index in [0.717, 1.165) is 16.9 Å². The molecule has 1 unspecified atom stereocenters. The van der Waals surface area contributed by atoms with Crippen molar-refractivity contribution in [3.63, 3.8) is 0 Å². The molecular weight excluding hydrogens is 595 g/mol. The van der Waals surface area contributed by atoms with Crippen molar-refractivity contribution < 1.29 is 24.3 Å². The summed E-state index contributed by atoms with van der Waals surface area (Å²) in [6, 6.07) is 8.67. The number of carbonyl (C=O) groups excluding carboxylic acids is 2. The topological polar surface area (TPSA) is 173 Å². The summed E-state index contributed by atoms with van der Waals surface area (Å²) < 4.78 is 0.705. The summed E-state index contributed by atoms with van der Waals surface area (Å²) >= 11 is 5.22. The van der Waals surface area contributed by atoms with Gasteiger partial charge >= 0.3 is 5.97 Å². The molecule has 0 saturated carbocycles. The number of hydrogen-bond donors (Lipinski definition) is 3.